The number of hydrogen-bond donors (Lipinski definition) is 1. The maximum Gasteiger partial charge on any atom is 0.514 e. The maximum atomic E-state index is 14.0. The summed E-state index contributed by atoms with van der Waals surface area (Å²) in [6.45, 7) is 11.0. The topological polar surface area (TPSA) is 147 Å². The molecule has 50 heavy (non-hydrogen) atoms. The van der Waals surface area contributed by atoms with E-state index in [1.165, 1.54) is 0 Å². The fraction of sp³-hybridized carbons (Fsp3) is 0.526. The van der Waals surface area contributed by atoms with Gasteiger partial charge in [-0.05, 0) is 85.7 Å². The number of hydrogen-bond acceptors (Lipinski definition) is 12. The highest BCUT2D eigenvalue weighted by Crippen LogP contribution is 2.65. The van der Waals surface area contributed by atoms with Gasteiger partial charge in [0.05, 0.1) is 23.9 Å². The molecule has 12 nitrogen and oxygen atoms in total. The summed E-state index contributed by atoms with van der Waals surface area (Å²) in [5.74, 6) is -1.65. The molecule has 2 aliphatic heterocycles. The molecule has 0 unspecified atom stereocenters. The van der Waals surface area contributed by atoms with Crippen molar-refractivity contribution in [3.63, 3.8) is 0 Å². The summed E-state index contributed by atoms with van der Waals surface area (Å²) in [4.78, 5) is 54.1. The van der Waals surface area contributed by atoms with Crippen molar-refractivity contribution in [3.8, 4) is 11.5 Å². The van der Waals surface area contributed by atoms with Crippen molar-refractivity contribution in [2.75, 3.05) is 13.6 Å². The van der Waals surface area contributed by atoms with Crippen LogP contribution < -0.4 is 9.47 Å². The summed E-state index contributed by atoms with van der Waals surface area (Å²) >= 11 is 0. The molecule has 0 saturated carbocycles. The molecule has 4 aliphatic rings. The van der Waals surface area contributed by atoms with Gasteiger partial charge in [0.15, 0.2) is 17.6 Å². The van der Waals surface area contributed by atoms with E-state index in [1.807, 2.05) is 13.1 Å². The average molecular weight is 692 g/mol. The van der Waals surface area contributed by atoms with Crippen LogP contribution in [-0.2, 0) is 45.2 Å². The SMILES string of the molecule is CN1CC[C@]23c4c5ccc(OC(=O)OC(C)(C)C)c4O[C@H]2C(OC(=O)[C@@H](OC(=O)CCC(=O)OC(C)(C)C)c2ccccc2)=CC[C@@]3(O)[C@H]1C5. The van der Waals surface area contributed by atoms with E-state index < -0.39 is 58.5 Å². The average Bonchev–Trinajstić information content (AvgIpc) is 3.38. The van der Waals surface area contributed by atoms with Crippen LogP contribution in [0, 0.1) is 0 Å². The number of nitrogens with zero attached hydrogens (tertiary/aromatic N) is 1. The third kappa shape index (κ3) is 6.46. The quantitative estimate of drug-likeness (QED) is 0.220. The minimum atomic E-state index is -1.46. The highest BCUT2D eigenvalue weighted by Gasteiger charge is 2.72. The molecule has 2 aliphatic carbocycles. The number of piperidine rings is 1. The first-order chi connectivity index (χ1) is 23.4. The van der Waals surface area contributed by atoms with Crippen LogP contribution >= 0.6 is 0 Å². The summed E-state index contributed by atoms with van der Waals surface area (Å²) in [5, 5.41) is 12.6. The Balaban J connectivity index is 1.30. The Morgan fingerprint density at radius 1 is 0.940 bits per heavy atom. The van der Waals surface area contributed by atoms with Gasteiger partial charge in [-0.3, -0.25) is 9.59 Å². The van der Waals surface area contributed by atoms with E-state index in [2.05, 4.69) is 4.90 Å². The highest BCUT2D eigenvalue weighted by molar-refractivity contribution is 5.83. The molecule has 1 spiro atoms. The number of carbonyl (C=O) groups excluding carboxylic acids is 4. The Labute approximate surface area is 291 Å². The van der Waals surface area contributed by atoms with Crippen molar-refractivity contribution in [2.24, 2.45) is 0 Å². The first-order valence-corrected chi connectivity index (χ1v) is 17.0. The molecule has 0 radical (unpaired) electrons. The molecule has 6 rings (SSSR count). The molecule has 2 heterocycles. The molecule has 0 aromatic heterocycles. The number of aliphatic hydroxyl groups is 1. The van der Waals surface area contributed by atoms with E-state index in [-0.39, 0.29) is 42.6 Å². The molecule has 2 aromatic carbocycles. The molecule has 1 fully saturated rings. The van der Waals surface area contributed by atoms with Crippen LogP contribution in [0.15, 0.2) is 54.3 Å². The van der Waals surface area contributed by atoms with Crippen LogP contribution in [0.2, 0.25) is 0 Å². The Bertz CT molecular complexity index is 1720. The summed E-state index contributed by atoms with van der Waals surface area (Å²) in [5.41, 5.74) is -1.79. The zero-order chi connectivity index (χ0) is 36.2. The van der Waals surface area contributed by atoms with Gasteiger partial charge in [0.25, 0.3) is 0 Å². The van der Waals surface area contributed by atoms with Gasteiger partial charge < -0.3 is 38.4 Å². The largest absolute Gasteiger partial charge is 0.514 e. The number of rotatable bonds is 8. The fourth-order valence-electron chi connectivity index (χ4n) is 7.70. The van der Waals surface area contributed by atoms with Crippen molar-refractivity contribution in [2.45, 2.75) is 114 Å². The monoisotopic (exact) mass is 691 g/mol. The first-order valence-electron chi connectivity index (χ1n) is 17.0. The molecule has 1 saturated heterocycles. The standard InChI is InChI=1S/C38H45NO11/c1-35(2,3)49-28(41)16-15-27(40)47-30(22-11-9-8-10-12-22)33(42)45-25-17-18-38(44)26-21-23-13-14-24(46-34(43)50-36(4,5)6)31-29(23)37(38,32(25)48-31)19-20-39(26)7/h8-14,17,26,30,32,44H,15-16,18-21H2,1-7H3/t26-,30+,32+,37+,38-/m1/s1. The predicted molar refractivity (Wildman–Crippen MR) is 178 cm³/mol. The summed E-state index contributed by atoms with van der Waals surface area (Å²) in [6.07, 6.45) is -1.02. The van der Waals surface area contributed by atoms with Crippen LogP contribution in [0.1, 0.15) is 90.0 Å². The summed E-state index contributed by atoms with van der Waals surface area (Å²) in [6, 6.07) is 11.7. The lowest BCUT2D eigenvalue weighted by Crippen LogP contribution is -2.74. The number of ether oxygens (including phenoxy) is 6. The fourth-order valence-corrected chi connectivity index (χ4v) is 7.70. The van der Waals surface area contributed by atoms with Crippen LogP contribution in [0.5, 0.6) is 11.5 Å². The lowest BCUT2D eigenvalue weighted by molar-refractivity contribution is -0.177. The van der Waals surface area contributed by atoms with Gasteiger partial charge in [-0.15, -0.1) is 0 Å². The normalized spacial score (nSPS) is 25.6. The molecule has 1 N–H and O–H groups in total. The van der Waals surface area contributed by atoms with Gasteiger partial charge in [0.2, 0.25) is 6.10 Å². The van der Waals surface area contributed by atoms with Crippen molar-refractivity contribution in [1.82, 2.24) is 4.90 Å². The molecular formula is C38H45NO11. The van der Waals surface area contributed by atoms with Gasteiger partial charge in [0.1, 0.15) is 17.0 Å². The second-order valence-corrected chi connectivity index (χ2v) is 15.4. The number of carbonyl (C=O) groups is 4. The number of likely N-dealkylation sites (tertiary alicyclic amines) is 1. The third-order valence-electron chi connectivity index (χ3n) is 9.66. The molecule has 12 heteroatoms. The second kappa shape index (κ2) is 12.7. The first kappa shape index (κ1) is 35.4. The maximum absolute atomic E-state index is 14.0. The molecule has 5 atom stereocenters. The summed E-state index contributed by atoms with van der Waals surface area (Å²) in [7, 11) is 1.98. The van der Waals surface area contributed by atoms with Crippen LogP contribution in [0.3, 0.4) is 0 Å². The molecule has 2 aromatic rings. The Morgan fingerprint density at radius 3 is 2.30 bits per heavy atom. The van der Waals surface area contributed by atoms with Crippen molar-refractivity contribution < 1.29 is 52.7 Å². The van der Waals surface area contributed by atoms with Crippen LogP contribution in [-0.4, -0.2) is 76.6 Å². The minimum absolute atomic E-state index is 0.133. The Kier molecular flexibility index (Phi) is 9.01. The van der Waals surface area contributed by atoms with E-state index in [1.54, 1.807) is 84.0 Å². The highest BCUT2D eigenvalue weighted by atomic mass is 16.7. The zero-order valence-electron chi connectivity index (χ0n) is 29.6. The van der Waals surface area contributed by atoms with E-state index in [4.69, 9.17) is 28.4 Å². The van der Waals surface area contributed by atoms with Gasteiger partial charge in [-0.2, -0.15) is 0 Å². The van der Waals surface area contributed by atoms with E-state index in [0.717, 1.165) is 11.1 Å². The van der Waals surface area contributed by atoms with Crippen molar-refractivity contribution in [3.05, 3.63) is 71.0 Å². The van der Waals surface area contributed by atoms with Gasteiger partial charge >= 0.3 is 24.1 Å². The van der Waals surface area contributed by atoms with Crippen molar-refractivity contribution >= 4 is 24.1 Å². The van der Waals surface area contributed by atoms with Crippen LogP contribution in [0.4, 0.5) is 4.79 Å². The van der Waals surface area contributed by atoms with E-state index in [9.17, 15) is 24.3 Å². The number of likely N-dealkylation sites (N-methyl/N-ethyl adjacent to an activating group) is 1. The second-order valence-electron chi connectivity index (χ2n) is 15.4. The van der Waals surface area contributed by atoms with Gasteiger partial charge in [0, 0.05) is 23.6 Å². The molecule has 2 bridgehead atoms. The van der Waals surface area contributed by atoms with E-state index in [0.29, 0.717) is 24.9 Å². The third-order valence-corrected chi connectivity index (χ3v) is 9.66. The predicted octanol–water partition coefficient (Wildman–Crippen LogP) is 5.23. The number of benzene rings is 2. The lowest BCUT2D eigenvalue weighted by atomic mass is 9.50. The minimum Gasteiger partial charge on any atom is -0.477 e. The molecule has 268 valence electrons. The zero-order valence-corrected chi connectivity index (χ0v) is 29.6. The van der Waals surface area contributed by atoms with Gasteiger partial charge in [-0.25, -0.2) is 9.59 Å². The van der Waals surface area contributed by atoms with Crippen molar-refractivity contribution in [1.29, 1.82) is 0 Å². The number of esters is 3. The van der Waals surface area contributed by atoms with Crippen LogP contribution in [0.25, 0.3) is 0 Å². The molecule has 0 amide bonds. The Hall–Kier alpha value is -4.42. The molecular weight excluding hydrogens is 646 g/mol. The van der Waals surface area contributed by atoms with E-state index >= 15 is 0 Å². The Morgan fingerprint density at radius 2 is 1.62 bits per heavy atom. The van der Waals surface area contributed by atoms with Gasteiger partial charge in [-0.1, -0.05) is 36.4 Å². The summed E-state index contributed by atoms with van der Waals surface area (Å²) < 4.78 is 34.7. The smallest absolute Gasteiger partial charge is 0.477 e. The lowest BCUT2D eigenvalue weighted by Gasteiger charge is -2.61.